The molecule has 0 saturated carbocycles. The van der Waals surface area contributed by atoms with Crippen molar-refractivity contribution in [2.75, 3.05) is 16.0 Å². The number of nitrogens with one attached hydrogen (secondary N) is 1. The third-order valence-electron chi connectivity index (χ3n) is 5.95. The molecule has 5 rings (SSSR count). The van der Waals surface area contributed by atoms with E-state index in [4.69, 9.17) is 0 Å². The number of para-hydroxylation sites is 1. The number of carbonyl (C=O) groups excluding carboxylic acids is 2. The molecule has 1 aliphatic heterocycles. The highest BCUT2D eigenvalue weighted by molar-refractivity contribution is 8.15. The lowest BCUT2D eigenvalue weighted by molar-refractivity contribution is -0.115. The number of hydrogen-bond donors (Lipinski definition) is 1. The van der Waals surface area contributed by atoms with Gasteiger partial charge < -0.3 is 5.32 Å². The minimum atomic E-state index is -0.543. The summed E-state index contributed by atoms with van der Waals surface area (Å²) in [4.78, 5) is 35.6. The summed E-state index contributed by atoms with van der Waals surface area (Å²) in [5, 5.41) is 7.72. The summed E-state index contributed by atoms with van der Waals surface area (Å²) in [6, 6.07) is 22.5. The van der Waals surface area contributed by atoms with E-state index in [9.17, 15) is 9.59 Å². The highest BCUT2D eigenvalue weighted by Gasteiger charge is 2.32. The number of nitrogens with zero attached hydrogens (tertiary/aromatic N) is 5. The van der Waals surface area contributed by atoms with Crippen LogP contribution in [0.5, 0.6) is 0 Å². The van der Waals surface area contributed by atoms with Gasteiger partial charge in [-0.25, -0.2) is 14.5 Å². The summed E-state index contributed by atoms with van der Waals surface area (Å²) in [5.41, 5.74) is 5.31. The maximum absolute atomic E-state index is 12.7. The van der Waals surface area contributed by atoms with Crippen LogP contribution in [-0.4, -0.2) is 37.6 Å². The Morgan fingerprint density at radius 3 is 2.49 bits per heavy atom. The zero-order chi connectivity index (χ0) is 25.9. The van der Waals surface area contributed by atoms with Gasteiger partial charge in [0.25, 0.3) is 0 Å². The fourth-order valence-corrected chi connectivity index (χ4v) is 4.88. The second-order valence-electron chi connectivity index (χ2n) is 8.98. The lowest BCUT2D eigenvalue weighted by Gasteiger charge is -2.21. The molecule has 37 heavy (non-hydrogen) atoms. The number of amidine groups is 1. The quantitative estimate of drug-likeness (QED) is 0.354. The molecular formula is C28H26N6O2S. The van der Waals surface area contributed by atoms with Gasteiger partial charge in [-0.2, -0.15) is 4.99 Å². The molecule has 3 aromatic carbocycles. The smallest absolute Gasteiger partial charge is 0.306 e. The summed E-state index contributed by atoms with van der Waals surface area (Å²) in [6.07, 6.45) is 1.68. The normalized spacial score (nSPS) is 14.5. The molecule has 0 aliphatic carbocycles. The highest BCUT2D eigenvalue weighted by atomic mass is 32.2. The lowest BCUT2D eigenvalue weighted by atomic mass is 10.0. The number of thioether (sulfide) groups is 1. The van der Waals surface area contributed by atoms with Crippen LogP contribution in [0.3, 0.4) is 0 Å². The Bertz CT molecular complexity index is 1480. The second-order valence-corrected chi connectivity index (χ2v) is 9.92. The number of amides is 3. The Hall–Kier alpha value is -4.24. The minimum absolute atomic E-state index is 0.0911. The number of anilines is 2. The van der Waals surface area contributed by atoms with E-state index in [1.54, 1.807) is 28.0 Å². The molecule has 9 heteroatoms. The van der Waals surface area contributed by atoms with E-state index in [-0.39, 0.29) is 17.6 Å². The molecule has 0 bridgehead atoms. The van der Waals surface area contributed by atoms with Crippen LogP contribution in [0.25, 0.3) is 17.1 Å². The first-order valence-corrected chi connectivity index (χ1v) is 12.9. The van der Waals surface area contributed by atoms with Gasteiger partial charge in [0.1, 0.15) is 6.33 Å². The number of aryl methyl sites for hydroxylation is 1. The Labute approximate surface area is 219 Å². The number of carbonyl (C=O) groups is 2. The molecule has 1 aromatic heterocycles. The minimum Gasteiger partial charge on any atom is -0.306 e. The fourth-order valence-electron chi connectivity index (χ4n) is 4.02. The topological polar surface area (TPSA) is 92.5 Å². The predicted octanol–water partition coefficient (Wildman–Crippen LogP) is 6.03. The van der Waals surface area contributed by atoms with Crippen molar-refractivity contribution in [2.45, 2.75) is 26.7 Å². The van der Waals surface area contributed by atoms with Crippen molar-refractivity contribution in [3.8, 4) is 17.1 Å². The molecule has 8 nitrogen and oxygen atoms in total. The van der Waals surface area contributed by atoms with E-state index in [2.05, 4.69) is 34.2 Å². The first kappa shape index (κ1) is 24.5. The van der Waals surface area contributed by atoms with Crippen LogP contribution < -0.4 is 10.2 Å². The van der Waals surface area contributed by atoms with Gasteiger partial charge in [-0.15, -0.1) is 5.10 Å². The molecule has 0 unspecified atom stereocenters. The van der Waals surface area contributed by atoms with Crippen molar-refractivity contribution in [2.24, 2.45) is 4.99 Å². The summed E-state index contributed by atoms with van der Waals surface area (Å²) in [6.45, 7) is 6.18. The maximum atomic E-state index is 12.7. The molecule has 0 spiro atoms. The van der Waals surface area contributed by atoms with E-state index in [1.807, 2.05) is 67.6 Å². The number of rotatable bonds is 5. The van der Waals surface area contributed by atoms with Crippen molar-refractivity contribution >= 4 is 40.2 Å². The Kier molecular flexibility index (Phi) is 6.87. The Balaban J connectivity index is 1.30. The molecule has 186 valence electrons. The SMILES string of the molecule is Cc1ccc(-n2cnc(-c3ccc(NC(=O)N=C4SCC(=O)N4c4ccccc4C(C)C)cc3)n2)cc1. The van der Waals surface area contributed by atoms with Crippen LogP contribution in [-0.2, 0) is 4.79 Å². The van der Waals surface area contributed by atoms with Gasteiger partial charge in [0.15, 0.2) is 11.0 Å². The van der Waals surface area contributed by atoms with Crippen LogP contribution in [0.1, 0.15) is 30.9 Å². The highest BCUT2D eigenvalue weighted by Crippen LogP contribution is 2.33. The Morgan fingerprint density at radius 2 is 1.76 bits per heavy atom. The molecule has 1 aliphatic rings. The first-order valence-electron chi connectivity index (χ1n) is 11.9. The molecule has 1 fully saturated rings. The third-order valence-corrected chi connectivity index (χ3v) is 6.87. The van der Waals surface area contributed by atoms with Crippen LogP contribution in [0, 0.1) is 6.92 Å². The van der Waals surface area contributed by atoms with E-state index >= 15 is 0 Å². The second kappa shape index (κ2) is 10.4. The molecule has 1 saturated heterocycles. The standard InChI is InChI=1S/C28H26N6O2S/c1-18(2)23-6-4-5-7-24(23)34-25(35)16-37-28(34)31-27(36)30-21-12-10-20(11-13-21)26-29-17-33(32-26)22-14-8-19(3)9-15-22/h4-15,17-18H,16H2,1-3H3,(H,30,36). The van der Waals surface area contributed by atoms with Gasteiger partial charge in [0.2, 0.25) is 5.91 Å². The van der Waals surface area contributed by atoms with Gasteiger partial charge in [-0.05, 0) is 60.9 Å². The largest absolute Gasteiger partial charge is 0.347 e. The number of aliphatic imine (C=N–C) groups is 1. The van der Waals surface area contributed by atoms with E-state index < -0.39 is 6.03 Å². The monoisotopic (exact) mass is 510 g/mol. The van der Waals surface area contributed by atoms with Gasteiger partial charge in [0.05, 0.1) is 17.1 Å². The molecule has 2 heterocycles. The van der Waals surface area contributed by atoms with E-state index in [0.29, 0.717) is 16.7 Å². The first-order chi connectivity index (χ1) is 17.9. The van der Waals surface area contributed by atoms with Crippen LogP contribution in [0.15, 0.2) is 84.1 Å². The van der Waals surface area contributed by atoms with Crippen molar-refractivity contribution < 1.29 is 9.59 Å². The summed E-state index contributed by atoms with van der Waals surface area (Å²) in [5.74, 6) is 0.960. The summed E-state index contributed by atoms with van der Waals surface area (Å²) >= 11 is 1.26. The number of hydrogen-bond acceptors (Lipinski definition) is 5. The number of benzene rings is 3. The Morgan fingerprint density at radius 1 is 1.03 bits per heavy atom. The zero-order valence-electron chi connectivity index (χ0n) is 20.8. The van der Waals surface area contributed by atoms with Crippen molar-refractivity contribution in [3.05, 3.63) is 90.3 Å². The van der Waals surface area contributed by atoms with E-state index in [0.717, 1.165) is 22.5 Å². The average Bonchev–Trinajstić information content (AvgIpc) is 3.52. The molecule has 1 N–H and O–H groups in total. The summed E-state index contributed by atoms with van der Waals surface area (Å²) < 4.78 is 1.73. The van der Waals surface area contributed by atoms with Crippen molar-refractivity contribution in [1.82, 2.24) is 14.8 Å². The molecular weight excluding hydrogens is 484 g/mol. The van der Waals surface area contributed by atoms with Crippen molar-refractivity contribution in [3.63, 3.8) is 0 Å². The van der Waals surface area contributed by atoms with Crippen LogP contribution >= 0.6 is 11.8 Å². The lowest BCUT2D eigenvalue weighted by Crippen LogP contribution is -2.31. The van der Waals surface area contributed by atoms with Gasteiger partial charge in [0, 0.05) is 11.3 Å². The van der Waals surface area contributed by atoms with Gasteiger partial charge in [-0.3, -0.25) is 9.69 Å². The molecule has 0 radical (unpaired) electrons. The van der Waals surface area contributed by atoms with Gasteiger partial charge >= 0.3 is 6.03 Å². The summed E-state index contributed by atoms with van der Waals surface area (Å²) in [7, 11) is 0. The molecule has 4 aromatic rings. The fraction of sp³-hybridized carbons (Fsp3) is 0.179. The van der Waals surface area contributed by atoms with Crippen LogP contribution in [0.2, 0.25) is 0 Å². The number of aromatic nitrogens is 3. The maximum Gasteiger partial charge on any atom is 0.347 e. The van der Waals surface area contributed by atoms with E-state index in [1.165, 1.54) is 17.3 Å². The molecule has 0 atom stereocenters. The predicted molar refractivity (Wildman–Crippen MR) is 148 cm³/mol. The van der Waals surface area contributed by atoms with Crippen molar-refractivity contribution in [1.29, 1.82) is 0 Å². The zero-order valence-corrected chi connectivity index (χ0v) is 21.6. The average molecular weight is 511 g/mol. The number of urea groups is 1. The van der Waals surface area contributed by atoms with Gasteiger partial charge in [-0.1, -0.05) is 61.5 Å². The molecule has 3 amide bonds. The van der Waals surface area contributed by atoms with Crippen LogP contribution in [0.4, 0.5) is 16.2 Å². The third kappa shape index (κ3) is 5.31.